The van der Waals surface area contributed by atoms with Crippen LogP contribution < -0.4 is 5.56 Å². The zero-order valence-electron chi connectivity index (χ0n) is 19.6. The van der Waals surface area contributed by atoms with Crippen molar-refractivity contribution in [3.63, 3.8) is 0 Å². The number of pyridine rings is 2. The lowest BCUT2D eigenvalue weighted by molar-refractivity contribution is 0.244. The number of nitrogens with one attached hydrogen (secondary N) is 1. The van der Waals surface area contributed by atoms with E-state index in [0.717, 1.165) is 59.6 Å². The molecule has 6 heteroatoms. The smallest absolute Gasteiger partial charge is 0.257 e. The minimum absolute atomic E-state index is 0.0504. The van der Waals surface area contributed by atoms with Crippen molar-refractivity contribution in [3.05, 3.63) is 112 Å². The largest absolute Gasteiger partial charge is 0.504 e. The summed E-state index contributed by atoms with van der Waals surface area (Å²) in [6.07, 6.45) is 2.47. The molecule has 0 saturated heterocycles. The van der Waals surface area contributed by atoms with Crippen LogP contribution in [0.15, 0.2) is 89.9 Å². The molecule has 6 nitrogen and oxygen atoms in total. The van der Waals surface area contributed by atoms with Crippen LogP contribution >= 0.6 is 0 Å². The number of aromatic hydroxyl groups is 2. The second kappa shape index (κ2) is 8.98. The Labute approximate surface area is 208 Å². The summed E-state index contributed by atoms with van der Waals surface area (Å²) in [7, 11) is 0. The average molecular weight is 476 g/mol. The summed E-state index contributed by atoms with van der Waals surface area (Å²) in [5.41, 5.74) is 7.94. The average Bonchev–Trinajstić information content (AvgIpc) is 2.90. The van der Waals surface area contributed by atoms with E-state index in [1.807, 2.05) is 30.3 Å². The first-order valence-electron chi connectivity index (χ1n) is 12.0. The third kappa shape index (κ3) is 4.12. The van der Waals surface area contributed by atoms with Crippen molar-refractivity contribution in [3.8, 4) is 33.9 Å². The molecule has 0 saturated carbocycles. The van der Waals surface area contributed by atoms with Gasteiger partial charge in [0.15, 0.2) is 11.5 Å². The summed E-state index contributed by atoms with van der Waals surface area (Å²) >= 11 is 0. The topological polar surface area (TPSA) is 89.5 Å². The van der Waals surface area contributed by atoms with Gasteiger partial charge in [-0.2, -0.15) is 0 Å². The number of H-pyrrole nitrogens is 1. The maximum Gasteiger partial charge on any atom is 0.257 e. The Morgan fingerprint density at radius 2 is 1.61 bits per heavy atom. The number of aromatic nitrogens is 2. The fourth-order valence-electron chi connectivity index (χ4n) is 5.00. The SMILES string of the molecule is O=c1[nH]ccc2nc(-c3ccccc3-c3ccc(CN4CCc5cc(O)c(O)cc5C4)cc3)ccc12. The van der Waals surface area contributed by atoms with E-state index in [0.29, 0.717) is 10.9 Å². The first-order valence-corrected chi connectivity index (χ1v) is 12.0. The van der Waals surface area contributed by atoms with E-state index < -0.39 is 0 Å². The molecule has 6 rings (SSSR count). The van der Waals surface area contributed by atoms with Gasteiger partial charge in [0.1, 0.15) is 0 Å². The first-order chi connectivity index (χ1) is 17.5. The molecule has 0 bridgehead atoms. The third-order valence-electron chi connectivity index (χ3n) is 6.89. The van der Waals surface area contributed by atoms with Gasteiger partial charge in [-0.25, -0.2) is 4.98 Å². The van der Waals surface area contributed by atoms with Crippen LogP contribution in [0.2, 0.25) is 0 Å². The predicted octanol–water partition coefficient (Wildman–Crippen LogP) is 5.23. The molecule has 0 aliphatic carbocycles. The van der Waals surface area contributed by atoms with E-state index in [-0.39, 0.29) is 17.1 Å². The van der Waals surface area contributed by atoms with Gasteiger partial charge in [0.25, 0.3) is 5.56 Å². The van der Waals surface area contributed by atoms with Gasteiger partial charge in [-0.15, -0.1) is 0 Å². The van der Waals surface area contributed by atoms with E-state index in [1.165, 1.54) is 5.56 Å². The summed E-state index contributed by atoms with van der Waals surface area (Å²) in [5.74, 6) is -0.114. The molecule has 0 atom stereocenters. The van der Waals surface area contributed by atoms with Crippen LogP contribution in [-0.4, -0.2) is 31.6 Å². The van der Waals surface area contributed by atoms with Gasteiger partial charge >= 0.3 is 0 Å². The molecule has 1 aliphatic heterocycles. The van der Waals surface area contributed by atoms with Gasteiger partial charge in [-0.1, -0.05) is 48.5 Å². The van der Waals surface area contributed by atoms with E-state index >= 15 is 0 Å². The highest BCUT2D eigenvalue weighted by Gasteiger charge is 2.19. The highest BCUT2D eigenvalue weighted by molar-refractivity contribution is 5.86. The number of aromatic amines is 1. The van der Waals surface area contributed by atoms with Crippen LogP contribution in [0.1, 0.15) is 16.7 Å². The molecule has 2 aromatic heterocycles. The Bertz CT molecular complexity index is 1640. The number of rotatable bonds is 4. The van der Waals surface area contributed by atoms with Gasteiger partial charge in [-0.3, -0.25) is 9.69 Å². The maximum absolute atomic E-state index is 12.1. The van der Waals surface area contributed by atoms with E-state index in [9.17, 15) is 15.0 Å². The summed E-state index contributed by atoms with van der Waals surface area (Å²) < 4.78 is 0. The molecular weight excluding hydrogens is 450 g/mol. The summed E-state index contributed by atoms with van der Waals surface area (Å²) in [6.45, 7) is 2.45. The zero-order valence-corrected chi connectivity index (χ0v) is 19.6. The molecule has 0 spiro atoms. The molecule has 0 fully saturated rings. The van der Waals surface area contributed by atoms with Gasteiger partial charge in [-0.05, 0) is 64.6 Å². The Hall–Kier alpha value is -4.42. The number of phenols is 2. The molecule has 178 valence electrons. The van der Waals surface area contributed by atoms with Crippen LogP contribution in [0, 0.1) is 0 Å². The predicted molar refractivity (Wildman–Crippen MR) is 141 cm³/mol. The van der Waals surface area contributed by atoms with Crippen molar-refractivity contribution < 1.29 is 10.2 Å². The molecule has 3 heterocycles. The fraction of sp³-hybridized carbons (Fsp3) is 0.133. The first kappa shape index (κ1) is 22.1. The van der Waals surface area contributed by atoms with Crippen molar-refractivity contribution in [2.24, 2.45) is 0 Å². The number of fused-ring (bicyclic) bond motifs is 2. The minimum Gasteiger partial charge on any atom is -0.504 e. The van der Waals surface area contributed by atoms with Crippen molar-refractivity contribution >= 4 is 10.9 Å². The standard InChI is InChI=1S/C30H25N3O3/c34-28-15-21-12-14-33(18-22(21)16-29(28)35)17-19-5-7-20(8-6-19)23-3-1-2-4-24(23)26-10-9-25-27(32-26)11-13-31-30(25)36/h1-11,13,15-16,34-35H,12,14,17-18H2,(H,31,36). The van der Waals surface area contributed by atoms with Crippen LogP contribution in [0.25, 0.3) is 33.3 Å². The number of nitrogens with zero attached hydrogens (tertiary/aromatic N) is 2. The Morgan fingerprint density at radius 3 is 2.42 bits per heavy atom. The van der Waals surface area contributed by atoms with Crippen LogP contribution in [0.3, 0.4) is 0 Å². The van der Waals surface area contributed by atoms with Crippen molar-refractivity contribution in [1.29, 1.82) is 0 Å². The Balaban J connectivity index is 1.25. The fourth-order valence-corrected chi connectivity index (χ4v) is 5.00. The Kier molecular flexibility index (Phi) is 5.51. The molecule has 0 unspecified atom stereocenters. The van der Waals surface area contributed by atoms with Crippen LogP contribution in [0.4, 0.5) is 0 Å². The molecule has 36 heavy (non-hydrogen) atoms. The molecule has 1 aliphatic rings. The zero-order chi connectivity index (χ0) is 24.6. The lowest BCUT2D eigenvalue weighted by atomic mass is 9.95. The Morgan fingerprint density at radius 1 is 0.861 bits per heavy atom. The number of phenolic OH excluding ortho intramolecular Hbond substituents is 2. The maximum atomic E-state index is 12.1. The van der Waals surface area contributed by atoms with Crippen molar-refractivity contribution in [2.45, 2.75) is 19.5 Å². The normalized spacial score (nSPS) is 13.6. The van der Waals surface area contributed by atoms with Crippen molar-refractivity contribution in [1.82, 2.24) is 14.9 Å². The highest BCUT2D eigenvalue weighted by Crippen LogP contribution is 2.33. The summed E-state index contributed by atoms with van der Waals surface area (Å²) in [4.78, 5) is 21.9. The lowest BCUT2D eigenvalue weighted by Crippen LogP contribution is -2.29. The third-order valence-corrected chi connectivity index (χ3v) is 6.89. The molecule has 0 radical (unpaired) electrons. The number of benzene rings is 3. The lowest BCUT2D eigenvalue weighted by Gasteiger charge is -2.29. The second-order valence-electron chi connectivity index (χ2n) is 9.25. The highest BCUT2D eigenvalue weighted by atomic mass is 16.3. The summed E-state index contributed by atoms with van der Waals surface area (Å²) in [5, 5.41) is 20.2. The van der Waals surface area contributed by atoms with Crippen LogP contribution in [0.5, 0.6) is 11.5 Å². The monoisotopic (exact) mass is 475 g/mol. The van der Waals surface area contributed by atoms with E-state index in [1.54, 1.807) is 18.3 Å². The molecule has 0 amide bonds. The van der Waals surface area contributed by atoms with E-state index in [2.05, 4.69) is 46.3 Å². The molecular formula is C30H25N3O3. The van der Waals surface area contributed by atoms with Gasteiger partial charge in [0.2, 0.25) is 0 Å². The van der Waals surface area contributed by atoms with Gasteiger partial charge in [0, 0.05) is 31.4 Å². The molecule has 5 aromatic rings. The number of hydrogen-bond donors (Lipinski definition) is 3. The van der Waals surface area contributed by atoms with E-state index in [4.69, 9.17) is 4.98 Å². The minimum atomic E-state index is -0.137. The number of hydrogen-bond acceptors (Lipinski definition) is 5. The van der Waals surface area contributed by atoms with Crippen LogP contribution in [-0.2, 0) is 19.5 Å². The van der Waals surface area contributed by atoms with Crippen molar-refractivity contribution in [2.75, 3.05) is 6.54 Å². The second-order valence-corrected chi connectivity index (χ2v) is 9.25. The molecule has 3 N–H and O–H groups in total. The quantitative estimate of drug-likeness (QED) is 0.310. The summed E-state index contributed by atoms with van der Waals surface area (Å²) in [6, 6.07) is 25.7. The molecule has 3 aromatic carbocycles. The van der Waals surface area contributed by atoms with Gasteiger partial charge < -0.3 is 15.2 Å². The van der Waals surface area contributed by atoms with Gasteiger partial charge in [0.05, 0.1) is 16.6 Å².